The Balaban J connectivity index is 1.91. The number of nitrogens with zero attached hydrogens (tertiary/aromatic N) is 2. The van der Waals surface area contributed by atoms with Gasteiger partial charge in [-0.1, -0.05) is 12.1 Å². The first-order valence-corrected chi connectivity index (χ1v) is 7.64. The number of hydrogen-bond acceptors (Lipinski definition) is 6. The van der Waals surface area contributed by atoms with Crippen molar-refractivity contribution in [3.05, 3.63) is 76.5 Å². The maximum atomic E-state index is 11.4. The molecule has 0 saturated carbocycles. The van der Waals surface area contributed by atoms with Gasteiger partial charge in [0.2, 0.25) is 5.75 Å². The van der Waals surface area contributed by atoms with Crippen LogP contribution in [0.2, 0.25) is 0 Å². The van der Waals surface area contributed by atoms with Crippen LogP contribution in [0.25, 0.3) is 17.0 Å². The SMILES string of the molecule is COC(=O)/C=C/c1ccc(Oc2ccc3ncccc3c2)c([N+](=O)[O-])c1. The number of nitro benzene ring substituents is 1. The van der Waals surface area contributed by atoms with E-state index >= 15 is 0 Å². The van der Waals surface area contributed by atoms with Gasteiger partial charge in [-0.3, -0.25) is 15.1 Å². The molecule has 0 aliphatic rings. The van der Waals surface area contributed by atoms with Crippen LogP contribution in [0.1, 0.15) is 5.56 Å². The second-order valence-electron chi connectivity index (χ2n) is 5.30. The van der Waals surface area contributed by atoms with Crippen molar-refractivity contribution < 1.29 is 19.2 Å². The van der Waals surface area contributed by atoms with Gasteiger partial charge in [0.05, 0.1) is 17.5 Å². The van der Waals surface area contributed by atoms with E-state index in [4.69, 9.17) is 4.74 Å². The van der Waals surface area contributed by atoms with Crippen LogP contribution < -0.4 is 4.74 Å². The molecule has 7 heteroatoms. The molecule has 0 spiro atoms. The predicted octanol–water partition coefficient (Wildman–Crippen LogP) is 4.12. The van der Waals surface area contributed by atoms with Gasteiger partial charge < -0.3 is 9.47 Å². The fourth-order valence-electron chi connectivity index (χ4n) is 2.34. The summed E-state index contributed by atoms with van der Waals surface area (Å²) in [6, 6.07) is 13.4. The van der Waals surface area contributed by atoms with E-state index in [0.29, 0.717) is 11.3 Å². The maximum Gasteiger partial charge on any atom is 0.330 e. The lowest BCUT2D eigenvalue weighted by Gasteiger charge is -2.08. The number of carbonyl (C=O) groups is 1. The lowest BCUT2D eigenvalue weighted by molar-refractivity contribution is -0.385. The third-order valence-electron chi connectivity index (χ3n) is 3.60. The summed E-state index contributed by atoms with van der Waals surface area (Å²) in [5.74, 6) is 0.0256. The average molecular weight is 350 g/mol. The summed E-state index contributed by atoms with van der Waals surface area (Å²) >= 11 is 0. The molecule has 0 fully saturated rings. The summed E-state index contributed by atoms with van der Waals surface area (Å²) in [5.41, 5.74) is 1.08. The van der Waals surface area contributed by atoms with Crippen LogP contribution >= 0.6 is 0 Å². The van der Waals surface area contributed by atoms with Crippen LogP contribution in [0.5, 0.6) is 11.5 Å². The van der Waals surface area contributed by atoms with Crippen LogP contribution in [-0.4, -0.2) is 23.0 Å². The first-order valence-electron chi connectivity index (χ1n) is 7.64. The molecule has 0 saturated heterocycles. The number of hydrogen-bond donors (Lipinski definition) is 0. The number of methoxy groups -OCH3 is 1. The molecule has 2 aromatic carbocycles. The van der Waals surface area contributed by atoms with E-state index in [1.807, 2.05) is 6.07 Å². The third kappa shape index (κ3) is 3.84. The number of rotatable bonds is 5. The molecule has 0 amide bonds. The summed E-state index contributed by atoms with van der Waals surface area (Å²) in [5, 5.41) is 12.2. The number of esters is 1. The highest BCUT2D eigenvalue weighted by Gasteiger charge is 2.16. The Morgan fingerprint density at radius 2 is 2.04 bits per heavy atom. The number of benzene rings is 2. The summed E-state index contributed by atoms with van der Waals surface area (Å²) in [6.45, 7) is 0. The average Bonchev–Trinajstić information content (AvgIpc) is 2.66. The normalized spacial score (nSPS) is 10.8. The zero-order valence-corrected chi connectivity index (χ0v) is 13.8. The molecular formula is C19H14N2O5. The summed E-state index contributed by atoms with van der Waals surface area (Å²) in [6.07, 6.45) is 4.31. The van der Waals surface area contributed by atoms with Crippen molar-refractivity contribution in [1.82, 2.24) is 4.98 Å². The van der Waals surface area contributed by atoms with Gasteiger partial charge in [-0.2, -0.15) is 0 Å². The number of carbonyl (C=O) groups excluding carboxylic acids is 1. The highest BCUT2D eigenvalue weighted by Crippen LogP contribution is 2.33. The van der Waals surface area contributed by atoms with Crippen LogP contribution in [0.15, 0.2) is 60.8 Å². The van der Waals surface area contributed by atoms with E-state index in [-0.39, 0.29) is 11.4 Å². The van der Waals surface area contributed by atoms with Gasteiger partial charge in [0.1, 0.15) is 5.75 Å². The highest BCUT2D eigenvalue weighted by molar-refractivity contribution is 5.87. The molecule has 1 heterocycles. The largest absolute Gasteiger partial charge is 0.466 e. The van der Waals surface area contributed by atoms with Crippen molar-refractivity contribution in [2.24, 2.45) is 0 Å². The van der Waals surface area contributed by atoms with E-state index < -0.39 is 10.9 Å². The molecule has 0 aliphatic carbocycles. The number of pyridine rings is 1. The van der Waals surface area contributed by atoms with E-state index in [2.05, 4.69) is 9.72 Å². The van der Waals surface area contributed by atoms with Crippen LogP contribution in [0.3, 0.4) is 0 Å². The van der Waals surface area contributed by atoms with Gasteiger partial charge >= 0.3 is 11.7 Å². The summed E-state index contributed by atoms with van der Waals surface area (Å²) < 4.78 is 10.2. The monoisotopic (exact) mass is 350 g/mol. The Kier molecular flexibility index (Phi) is 4.89. The van der Waals surface area contributed by atoms with Gasteiger partial charge in [-0.15, -0.1) is 0 Å². The zero-order chi connectivity index (χ0) is 18.5. The molecule has 26 heavy (non-hydrogen) atoms. The zero-order valence-electron chi connectivity index (χ0n) is 13.8. The first-order chi connectivity index (χ1) is 12.6. The van der Waals surface area contributed by atoms with Gasteiger partial charge in [-0.25, -0.2) is 4.79 Å². The molecule has 0 radical (unpaired) electrons. The molecule has 1 aromatic heterocycles. The lowest BCUT2D eigenvalue weighted by atomic mass is 10.1. The second-order valence-corrected chi connectivity index (χ2v) is 5.30. The summed E-state index contributed by atoms with van der Waals surface area (Å²) in [4.78, 5) is 26.2. The minimum Gasteiger partial charge on any atom is -0.466 e. The molecule has 130 valence electrons. The molecule has 0 atom stereocenters. The maximum absolute atomic E-state index is 11.4. The van der Waals surface area contributed by atoms with E-state index in [1.165, 1.54) is 31.4 Å². The van der Waals surface area contributed by atoms with E-state index in [9.17, 15) is 14.9 Å². The Morgan fingerprint density at radius 1 is 1.19 bits per heavy atom. The van der Waals surface area contributed by atoms with Crippen molar-refractivity contribution in [3.63, 3.8) is 0 Å². The van der Waals surface area contributed by atoms with Crippen molar-refractivity contribution in [3.8, 4) is 11.5 Å². The number of aromatic nitrogens is 1. The van der Waals surface area contributed by atoms with E-state index in [1.54, 1.807) is 36.5 Å². The molecule has 3 rings (SSSR count). The van der Waals surface area contributed by atoms with Crippen LogP contribution in [-0.2, 0) is 9.53 Å². The van der Waals surface area contributed by atoms with Crippen LogP contribution in [0.4, 0.5) is 5.69 Å². The standard InChI is InChI=1S/C19H14N2O5/c1-25-19(22)9-5-13-4-8-18(17(11-13)21(23)24)26-15-6-7-16-14(12-15)3-2-10-20-16/h2-12H,1H3/b9-5+. The van der Waals surface area contributed by atoms with Gasteiger partial charge in [0, 0.05) is 23.7 Å². The topological polar surface area (TPSA) is 91.6 Å². The Hall–Kier alpha value is -3.74. The molecule has 0 bridgehead atoms. The predicted molar refractivity (Wildman–Crippen MR) is 96.0 cm³/mol. The fourth-order valence-corrected chi connectivity index (χ4v) is 2.34. The summed E-state index contributed by atoms with van der Waals surface area (Å²) in [7, 11) is 1.26. The number of nitro groups is 1. The second kappa shape index (κ2) is 7.43. The molecule has 7 nitrogen and oxygen atoms in total. The highest BCUT2D eigenvalue weighted by atomic mass is 16.6. The minimum absolute atomic E-state index is 0.105. The smallest absolute Gasteiger partial charge is 0.330 e. The van der Waals surface area contributed by atoms with Crippen molar-refractivity contribution in [2.75, 3.05) is 7.11 Å². The molecule has 0 unspecified atom stereocenters. The minimum atomic E-state index is -0.544. The molecular weight excluding hydrogens is 336 g/mol. The molecule has 0 aliphatic heterocycles. The Labute approximate surface area is 148 Å². The molecule has 0 N–H and O–H groups in total. The Morgan fingerprint density at radius 3 is 2.81 bits per heavy atom. The van der Waals surface area contributed by atoms with Crippen molar-refractivity contribution in [1.29, 1.82) is 0 Å². The quantitative estimate of drug-likeness (QED) is 0.297. The van der Waals surface area contributed by atoms with Crippen LogP contribution in [0, 0.1) is 10.1 Å². The lowest BCUT2D eigenvalue weighted by Crippen LogP contribution is -1.95. The third-order valence-corrected chi connectivity index (χ3v) is 3.60. The number of ether oxygens (including phenoxy) is 2. The molecule has 3 aromatic rings. The first kappa shape index (κ1) is 17.1. The fraction of sp³-hybridized carbons (Fsp3) is 0.0526. The van der Waals surface area contributed by atoms with Crippen molar-refractivity contribution >= 4 is 28.6 Å². The van der Waals surface area contributed by atoms with E-state index in [0.717, 1.165) is 10.9 Å². The van der Waals surface area contributed by atoms with Gasteiger partial charge in [-0.05, 0) is 42.0 Å². The van der Waals surface area contributed by atoms with Gasteiger partial charge in [0.25, 0.3) is 0 Å². The van der Waals surface area contributed by atoms with Crippen molar-refractivity contribution in [2.45, 2.75) is 0 Å². The number of fused-ring (bicyclic) bond motifs is 1. The van der Waals surface area contributed by atoms with Gasteiger partial charge in [0.15, 0.2) is 0 Å². The Bertz CT molecular complexity index is 1010.